The average molecular weight is 349 g/mol. The Morgan fingerprint density at radius 3 is 2.65 bits per heavy atom. The van der Waals surface area contributed by atoms with Gasteiger partial charge >= 0.3 is 12.1 Å². The number of rotatable bonds is 3. The molecule has 2 aliphatic rings. The monoisotopic (exact) mass is 349 g/mol. The molecular weight excluding hydrogens is 330 g/mol. The van der Waals surface area contributed by atoms with Crippen LogP contribution in [0.15, 0.2) is 60.8 Å². The van der Waals surface area contributed by atoms with E-state index in [9.17, 15) is 9.59 Å². The highest BCUT2D eigenvalue weighted by molar-refractivity contribution is 5.75. The Morgan fingerprint density at radius 2 is 1.88 bits per heavy atom. The molecule has 0 spiro atoms. The van der Waals surface area contributed by atoms with E-state index in [0.29, 0.717) is 12.8 Å². The summed E-state index contributed by atoms with van der Waals surface area (Å²) in [6.07, 6.45) is 3.75. The van der Waals surface area contributed by atoms with E-state index in [-0.39, 0.29) is 24.7 Å². The van der Waals surface area contributed by atoms with Crippen LogP contribution in [0.5, 0.6) is 0 Å². The Morgan fingerprint density at radius 1 is 1.12 bits per heavy atom. The van der Waals surface area contributed by atoms with Crippen LogP contribution in [0.4, 0.5) is 4.79 Å². The largest absolute Gasteiger partial charge is 0.460 e. The van der Waals surface area contributed by atoms with E-state index < -0.39 is 6.09 Å². The molecule has 0 bridgehead atoms. The number of esters is 1. The van der Waals surface area contributed by atoms with Gasteiger partial charge < -0.3 is 9.47 Å². The van der Waals surface area contributed by atoms with Crippen LogP contribution in [0.1, 0.15) is 35.6 Å². The van der Waals surface area contributed by atoms with Crippen LogP contribution in [-0.4, -0.2) is 23.1 Å². The predicted molar refractivity (Wildman–Crippen MR) is 95.8 cm³/mol. The summed E-state index contributed by atoms with van der Waals surface area (Å²) < 4.78 is 11.0. The van der Waals surface area contributed by atoms with Crippen LogP contribution >= 0.6 is 0 Å². The van der Waals surface area contributed by atoms with E-state index in [1.165, 1.54) is 4.90 Å². The topological polar surface area (TPSA) is 55.8 Å². The molecule has 1 amide bonds. The fraction of sp³-hybridized carbons (Fsp3) is 0.238. The molecule has 132 valence electrons. The molecule has 2 heterocycles. The molecule has 2 aromatic rings. The highest BCUT2D eigenvalue weighted by Gasteiger charge is 2.40. The van der Waals surface area contributed by atoms with Gasteiger partial charge in [0.15, 0.2) is 0 Å². The second kappa shape index (κ2) is 7.04. The Balaban J connectivity index is 1.57. The summed E-state index contributed by atoms with van der Waals surface area (Å²) in [4.78, 5) is 25.9. The standard InChI is InChI=1S/C21H19NO4/c23-19-11-10-18(26-19)20-17-9-5-4-8-16(17)12-13-22(20)21(24)25-14-15-6-2-1-3-7-15/h1-9,12-13,18,20H,10-11,14H2. The second-order valence-corrected chi connectivity index (χ2v) is 6.40. The van der Waals surface area contributed by atoms with Gasteiger partial charge in [-0.05, 0) is 29.2 Å². The minimum absolute atomic E-state index is 0.197. The summed E-state index contributed by atoms with van der Waals surface area (Å²) >= 11 is 0. The lowest BCUT2D eigenvalue weighted by Gasteiger charge is -2.35. The van der Waals surface area contributed by atoms with Crippen LogP contribution in [0.2, 0.25) is 0 Å². The first-order valence-electron chi connectivity index (χ1n) is 8.68. The molecule has 0 aromatic heterocycles. The Kier molecular flexibility index (Phi) is 4.44. The van der Waals surface area contributed by atoms with Crippen molar-refractivity contribution in [2.45, 2.75) is 31.6 Å². The number of fused-ring (bicyclic) bond motifs is 1. The average Bonchev–Trinajstić information content (AvgIpc) is 3.12. The molecule has 0 N–H and O–H groups in total. The van der Waals surface area contributed by atoms with Gasteiger partial charge in [-0.1, -0.05) is 54.6 Å². The van der Waals surface area contributed by atoms with Crippen LogP contribution < -0.4 is 0 Å². The predicted octanol–water partition coefficient (Wildman–Crippen LogP) is 4.06. The number of amides is 1. The van der Waals surface area contributed by atoms with Gasteiger partial charge in [-0.2, -0.15) is 0 Å². The first-order valence-corrected chi connectivity index (χ1v) is 8.68. The zero-order chi connectivity index (χ0) is 17.9. The maximum Gasteiger partial charge on any atom is 0.414 e. The lowest BCUT2D eigenvalue weighted by molar-refractivity contribution is -0.143. The number of carbonyl (C=O) groups is 2. The van der Waals surface area contributed by atoms with Crippen molar-refractivity contribution in [3.05, 3.63) is 77.5 Å². The SMILES string of the molecule is O=C1CCC(C2c3ccccc3C=CN2C(=O)OCc2ccccc2)O1. The Bertz CT molecular complexity index is 846. The number of hydrogen-bond donors (Lipinski definition) is 0. The van der Waals surface area contributed by atoms with Gasteiger partial charge in [0, 0.05) is 12.6 Å². The van der Waals surface area contributed by atoms with Crippen molar-refractivity contribution in [3.63, 3.8) is 0 Å². The summed E-state index contributed by atoms with van der Waals surface area (Å²) in [5.74, 6) is -0.223. The second-order valence-electron chi connectivity index (χ2n) is 6.40. The highest BCUT2D eigenvalue weighted by atomic mass is 16.6. The zero-order valence-corrected chi connectivity index (χ0v) is 14.2. The van der Waals surface area contributed by atoms with Gasteiger partial charge in [-0.15, -0.1) is 0 Å². The van der Waals surface area contributed by atoms with E-state index in [2.05, 4.69) is 0 Å². The maximum absolute atomic E-state index is 12.7. The quantitative estimate of drug-likeness (QED) is 0.784. The number of cyclic esters (lactones) is 1. The molecular formula is C21H19NO4. The van der Waals surface area contributed by atoms with Crippen LogP contribution in [0.3, 0.4) is 0 Å². The number of ether oxygens (including phenoxy) is 2. The molecule has 1 fully saturated rings. The van der Waals surface area contributed by atoms with E-state index in [1.54, 1.807) is 6.20 Å². The van der Waals surface area contributed by atoms with Gasteiger partial charge in [0.1, 0.15) is 18.8 Å². The lowest BCUT2D eigenvalue weighted by atomic mass is 9.91. The number of nitrogens with zero attached hydrogens (tertiary/aromatic N) is 1. The van der Waals surface area contributed by atoms with Crippen molar-refractivity contribution < 1.29 is 19.1 Å². The van der Waals surface area contributed by atoms with Crippen LogP contribution in [0, 0.1) is 0 Å². The smallest absolute Gasteiger partial charge is 0.414 e. The fourth-order valence-corrected chi connectivity index (χ4v) is 3.45. The minimum Gasteiger partial charge on any atom is -0.460 e. The zero-order valence-electron chi connectivity index (χ0n) is 14.2. The van der Waals surface area contributed by atoms with E-state index in [0.717, 1.165) is 16.7 Å². The van der Waals surface area contributed by atoms with Crippen molar-refractivity contribution in [1.29, 1.82) is 0 Å². The fourth-order valence-electron chi connectivity index (χ4n) is 3.45. The third-order valence-electron chi connectivity index (χ3n) is 4.71. The van der Waals surface area contributed by atoms with Crippen LogP contribution in [0.25, 0.3) is 6.08 Å². The van der Waals surface area contributed by atoms with E-state index >= 15 is 0 Å². The lowest BCUT2D eigenvalue weighted by Crippen LogP contribution is -2.39. The molecule has 4 rings (SSSR count). The van der Waals surface area contributed by atoms with E-state index in [1.807, 2.05) is 60.7 Å². The summed E-state index contributed by atoms with van der Waals surface area (Å²) in [6.45, 7) is 0.197. The third kappa shape index (κ3) is 3.20. The van der Waals surface area contributed by atoms with E-state index in [4.69, 9.17) is 9.47 Å². The van der Waals surface area contributed by atoms with Gasteiger partial charge in [-0.3, -0.25) is 9.69 Å². The summed E-state index contributed by atoms with van der Waals surface area (Å²) in [5.41, 5.74) is 2.91. The Hall–Kier alpha value is -3.08. The summed E-state index contributed by atoms with van der Waals surface area (Å²) in [7, 11) is 0. The maximum atomic E-state index is 12.7. The molecule has 5 heteroatoms. The van der Waals surface area contributed by atoms with Gasteiger partial charge in [0.05, 0.1) is 0 Å². The molecule has 0 radical (unpaired) electrons. The normalized spacial score (nSPS) is 21.2. The number of carbonyl (C=O) groups excluding carboxylic acids is 2. The molecule has 2 aromatic carbocycles. The third-order valence-corrected chi connectivity index (χ3v) is 4.71. The van der Waals surface area contributed by atoms with Crippen molar-refractivity contribution in [1.82, 2.24) is 4.90 Å². The first kappa shape index (κ1) is 16.4. The number of benzene rings is 2. The molecule has 26 heavy (non-hydrogen) atoms. The Labute approximate surface area is 151 Å². The molecule has 2 aliphatic heterocycles. The molecule has 0 aliphatic carbocycles. The molecule has 0 saturated carbocycles. The van der Waals surface area contributed by atoms with Crippen molar-refractivity contribution in [2.75, 3.05) is 0 Å². The molecule has 2 unspecified atom stereocenters. The minimum atomic E-state index is -0.451. The van der Waals surface area contributed by atoms with Crippen molar-refractivity contribution in [3.8, 4) is 0 Å². The first-order chi connectivity index (χ1) is 12.7. The summed E-state index contributed by atoms with van der Waals surface area (Å²) in [5, 5.41) is 0. The summed E-state index contributed by atoms with van der Waals surface area (Å²) in [6, 6.07) is 17.0. The van der Waals surface area contributed by atoms with Gasteiger partial charge in [-0.25, -0.2) is 4.79 Å². The molecule has 5 nitrogen and oxygen atoms in total. The van der Waals surface area contributed by atoms with Crippen LogP contribution in [-0.2, 0) is 20.9 Å². The highest BCUT2D eigenvalue weighted by Crippen LogP contribution is 2.38. The van der Waals surface area contributed by atoms with Gasteiger partial charge in [0.25, 0.3) is 0 Å². The number of hydrogen-bond acceptors (Lipinski definition) is 4. The molecule has 1 saturated heterocycles. The van der Waals surface area contributed by atoms with Crippen molar-refractivity contribution >= 4 is 18.1 Å². The van der Waals surface area contributed by atoms with Crippen molar-refractivity contribution in [2.24, 2.45) is 0 Å². The molecule has 2 atom stereocenters. The van der Waals surface area contributed by atoms with Gasteiger partial charge in [0.2, 0.25) is 0 Å².